The van der Waals surface area contributed by atoms with E-state index in [1.54, 1.807) is 11.3 Å². The minimum absolute atomic E-state index is 0.233. The lowest BCUT2D eigenvalue weighted by atomic mass is 9.92. The molecule has 2 atom stereocenters. The summed E-state index contributed by atoms with van der Waals surface area (Å²) in [6, 6.07) is 2.33. The summed E-state index contributed by atoms with van der Waals surface area (Å²) < 4.78 is 1.35. The molecule has 196 valence electrons. The first-order valence-corrected chi connectivity index (χ1v) is 14.7. The Kier molecular flexibility index (Phi) is 8.12. The van der Waals surface area contributed by atoms with Crippen molar-refractivity contribution in [3.63, 3.8) is 0 Å². The van der Waals surface area contributed by atoms with Crippen LogP contribution in [0.3, 0.4) is 0 Å². The predicted molar refractivity (Wildman–Crippen MR) is 154 cm³/mol. The van der Waals surface area contributed by atoms with Gasteiger partial charge in [-0.2, -0.15) is 16.7 Å². The lowest BCUT2D eigenvalue weighted by molar-refractivity contribution is 0.0534. The van der Waals surface area contributed by atoms with Crippen LogP contribution >= 0.6 is 23.1 Å². The molecular formula is C27H40N6OS2. The highest BCUT2D eigenvalue weighted by Crippen LogP contribution is 2.39. The first-order chi connectivity index (χ1) is 16.9. The van der Waals surface area contributed by atoms with Gasteiger partial charge in [0.25, 0.3) is 0 Å². The van der Waals surface area contributed by atoms with E-state index in [1.807, 2.05) is 51.7 Å². The minimum atomic E-state index is -0.634. The van der Waals surface area contributed by atoms with Crippen molar-refractivity contribution in [2.24, 2.45) is 5.92 Å². The van der Waals surface area contributed by atoms with E-state index in [4.69, 9.17) is 15.0 Å². The number of nitrogens with one attached hydrogen (secondary N) is 2. The standard InChI is InChI=1S/C27H40N6OS2/c1-16-21(24-32-22-17(2)28-11-10-20(22)36-24)23(31-19-9-8-18(14-19)15-27(6,7)34)33-25(30-16)29-12-13-35-26(3,4)5/h10-11,18-19,34H,8-9,12-15H2,1-7H3,(H2,29,30,31,33)/t18-,19+/m1/s1. The molecule has 0 radical (unpaired) electrons. The van der Waals surface area contributed by atoms with E-state index in [0.717, 1.165) is 76.0 Å². The summed E-state index contributed by atoms with van der Waals surface area (Å²) in [5.74, 6) is 2.99. The third-order valence-corrected chi connectivity index (χ3v) is 8.70. The van der Waals surface area contributed by atoms with Crippen LogP contribution in [-0.4, -0.2) is 53.7 Å². The van der Waals surface area contributed by atoms with E-state index >= 15 is 0 Å². The third-order valence-electron chi connectivity index (χ3n) is 6.38. The molecule has 4 rings (SSSR count). The van der Waals surface area contributed by atoms with Gasteiger partial charge in [0.2, 0.25) is 5.95 Å². The van der Waals surface area contributed by atoms with E-state index in [2.05, 4.69) is 36.4 Å². The number of hydrogen-bond acceptors (Lipinski definition) is 9. The summed E-state index contributed by atoms with van der Waals surface area (Å²) in [4.78, 5) is 19.2. The highest BCUT2D eigenvalue weighted by Gasteiger charge is 2.30. The van der Waals surface area contributed by atoms with Crippen LogP contribution in [0.5, 0.6) is 0 Å². The highest BCUT2D eigenvalue weighted by molar-refractivity contribution is 8.00. The van der Waals surface area contributed by atoms with Gasteiger partial charge in [0, 0.05) is 29.3 Å². The average Bonchev–Trinajstić information content (AvgIpc) is 3.36. The molecule has 36 heavy (non-hydrogen) atoms. The molecule has 3 heterocycles. The number of aliphatic hydroxyl groups is 1. The maximum atomic E-state index is 10.3. The fourth-order valence-corrected chi connectivity index (χ4v) is 6.84. The molecule has 0 unspecified atom stereocenters. The zero-order valence-corrected chi connectivity index (χ0v) is 24.2. The van der Waals surface area contributed by atoms with E-state index < -0.39 is 5.60 Å². The quantitative estimate of drug-likeness (QED) is 0.273. The topological polar surface area (TPSA) is 95.9 Å². The first-order valence-electron chi connectivity index (χ1n) is 12.9. The van der Waals surface area contributed by atoms with Crippen molar-refractivity contribution >= 4 is 45.1 Å². The largest absolute Gasteiger partial charge is 0.390 e. The van der Waals surface area contributed by atoms with Crippen LogP contribution in [0.4, 0.5) is 11.8 Å². The monoisotopic (exact) mass is 528 g/mol. The Labute approximate surface area is 223 Å². The normalized spacial score (nSPS) is 18.7. The first kappa shape index (κ1) is 27.1. The van der Waals surface area contributed by atoms with Crippen LogP contribution in [0.25, 0.3) is 20.8 Å². The van der Waals surface area contributed by atoms with Crippen LogP contribution < -0.4 is 10.6 Å². The fraction of sp³-hybridized carbons (Fsp3) is 0.630. The second kappa shape index (κ2) is 10.8. The van der Waals surface area contributed by atoms with Gasteiger partial charge in [-0.25, -0.2) is 9.97 Å². The molecule has 3 aromatic heterocycles. The van der Waals surface area contributed by atoms with Crippen molar-refractivity contribution in [1.29, 1.82) is 0 Å². The van der Waals surface area contributed by atoms with Crippen LogP contribution in [0.15, 0.2) is 12.3 Å². The number of aryl methyl sites for hydroxylation is 2. The summed E-state index contributed by atoms with van der Waals surface area (Å²) in [6.07, 6.45) is 5.87. The number of anilines is 2. The summed E-state index contributed by atoms with van der Waals surface area (Å²) >= 11 is 3.59. The van der Waals surface area contributed by atoms with E-state index in [-0.39, 0.29) is 4.75 Å². The molecule has 1 saturated carbocycles. The highest BCUT2D eigenvalue weighted by atomic mass is 32.2. The summed E-state index contributed by atoms with van der Waals surface area (Å²) in [5.41, 5.74) is 3.12. The summed E-state index contributed by atoms with van der Waals surface area (Å²) in [6.45, 7) is 15.4. The van der Waals surface area contributed by atoms with Crippen molar-refractivity contribution in [2.75, 3.05) is 22.9 Å². The van der Waals surface area contributed by atoms with Crippen molar-refractivity contribution in [3.05, 3.63) is 23.7 Å². The lowest BCUT2D eigenvalue weighted by Crippen LogP contribution is -2.23. The van der Waals surface area contributed by atoms with Gasteiger partial charge in [-0.1, -0.05) is 20.8 Å². The van der Waals surface area contributed by atoms with E-state index in [1.165, 1.54) is 0 Å². The van der Waals surface area contributed by atoms with Crippen molar-refractivity contribution in [1.82, 2.24) is 19.9 Å². The Hall–Kier alpha value is -1.97. The Balaban J connectivity index is 1.61. The molecule has 7 nitrogen and oxygen atoms in total. The smallest absolute Gasteiger partial charge is 0.224 e. The van der Waals surface area contributed by atoms with Crippen molar-refractivity contribution in [2.45, 2.75) is 90.5 Å². The number of thiazole rings is 1. The van der Waals surface area contributed by atoms with Gasteiger partial charge in [0.15, 0.2) is 0 Å². The predicted octanol–water partition coefficient (Wildman–Crippen LogP) is 6.45. The molecule has 1 aliphatic carbocycles. The second-order valence-electron chi connectivity index (χ2n) is 11.5. The zero-order chi connectivity index (χ0) is 26.1. The molecule has 1 fully saturated rings. The molecule has 0 spiro atoms. The fourth-order valence-electron chi connectivity index (χ4n) is 4.91. The molecule has 9 heteroatoms. The Morgan fingerprint density at radius 1 is 1.08 bits per heavy atom. The second-order valence-corrected chi connectivity index (χ2v) is 14.5. The lowest BCUT2D eigenvalue weighted by Gasteiger charge is -2.22. The minimum Gasteiger partial charge on any atom is -0.390 e. The number of fused-ring (bicyclic) bond motifs is 1. The molecule has 0 bridgehead atoms. The summed E-state index contributed by atoms with van der Waals surface area (Å²) in [5, 5.41) is 18.4. The SMILES string of the molecule is Cc1nc(NCCSC(C)(C)C)nc(N[C@H]2CC[C@@H](CC(C)(C)O)C2)c1-c1nc2c(C)nccc2s1. The van der Waals surface area contributed by atoms with Crippen molar-refractivity contribution < 1.29 is 5.11 Å². The average molecular weight is 529 g/mol. The van der Waals surface area contributed by atoms with Gasteiger partial charge in [0.1, 0.15) is 16.3 Å². The van der Waals surface area contributed by atoms with Gasteiger partial charge in [-0.15, -0.1) is 11.3 Å². The summed E-state index contributed by atoms with van der Waals surface area (Å²) in [7, 11) is 0. The number of aromatic nitrogens is 4. The zero-order valence-electron chi connectivity index (χ0n) is 22.6. The van der Waals surface area contributed by atoms with Gasteiger partial charge < -0.3 is 15.7 Å². The molecule has 1 aliphatic rings. The molecule has 3 aromatic rings. The van der Waals surface area contributed by atoms with Gasteiger partial charge in [-0.05, 0) is 65.4 Å². The maximum absolute atomic E-state index is 10.3. The number of pyridine rings is 1. The van der Waals surface area contributed by atoms with Crippen molar-refractivity contribution in [3.8, 4) is 10.6 Å². The molecule has 3 N–H and O–H groups in total. The van der Waals surface area contributed by atoms with Crippen LogP contribution in [0.2, 0.25) is 0 Å². The third kappa shape index (κ3) is 7.07. The van der Waals surface area contributed by atoms with Gasteiger partial charge in [0.05, 0.1) is 27.3 Å². The number of thioether (sulfide) groups is 1. The van der Waals surface area contributed by atoms with E-state index in [9.17, 15) is 5.11 Å². The van der Waals surface area contributed by atoms with Crippen LogP contribution in [0.1, 0.15) is 71.7 Å². The molecule has 0 aromatic carbocycles. The van der Waals surface area contributed by atoms with Gasteiger partial charge in [-0.3, -0.25) is 4.98 Å². The van der Waals surface area contributed by atoms with E-state index in [0.29, 0.717) is 17.9 Å². The van der Waals surface area contributed by atoms with Crippen LogP contribution in [0, 0.1) is 19.8 Å². The Bertz CT molecular complexity index is 1200. The number of nitrogens with zero attached hydrogens (tertiary/aromatic N) is 4. The Morgan fingerprint density at radius 2 is 1.86 bits per heavy atom. The Morgan fingerprint density at radius 3 is 2.56 bits per heavy atom. The molecular weight excluding hydrogens is 488 g/mol. The van der Waals surface area contributed by atoms with Gasteiger partial charge >= 0.3 is 0 Å². The molecule has 0 aliphatic heterocycles. The number of hydrogen-bond donors (Lipinski definition) is 3. The maximum Gasteiger partial charge on any atom is 0.224 e. The molecule has 0 amide bonds. The van der Waals surface area contributed by atoms with Crippen LogP contribution in [-0.2, 0) is 0 Å². The molecule has 0 saturated heterocycles. The number of rotatable bonds is 9.